The van der Waals surface area contributed by atoms with Crippen molar-refractivity contribution in [2.24, 2.45) is 5.92 Å². The maximum atomic E-state index is 13.1. The van der Waals surface area contributed by atoms with E-state index in [2.05, 4.69) is 0 Å². The van der Waals surface area contributed by atoms with Crippen molar-refractivity contribution in [1.82, 2.24) is 14.7 Å². The summed E-state index contributed by atoms with van der Waals surface area (Å²) in [5, 5.41) is 0. The highest BCUT2D eigenvalue weighted by molar-refractivity contribution is 5.89. The van der Waals surface area contributed by atoms with E-state index in [9.17, 15) is 14.4 Å². The van der Waals surface area contributed by atoms with Crippen molar-refractivity contribution in [2.45, 2.75) is 32.2 Å². The van der Waals surface area contributed by atoms with E-state index in [1.807, 2.05) is 82.3 Å². The second-order valence-corrected chi connectivity index (χ2v) is 8.73. The Hall–Kier alpha value is -3.15. The Morgan fingerprint density at radius 1 is 0.906 bits per heavy atom. The topological polar surface area (TPSA) is 60.9 Å². The smallest absolute Gasteiger partial charge is 0.228 e. The third-order valence-corrected chi connectivity index (χ3v) is 6.67. The Balaban J connectivity index is 1.26. The number of rotatable bonds is 6. The normalized spacial score (nSPS) is 19.8. The second-order valence-electron chi connectivity index (χ2n) is 8.73. The lowest BCUT2D eigenvalue weighted by molar-refractivity contribution is -0.142. The van der Waals surface area contributed by atoms with Crippen molar-refractivity contribution in [2.75, 3.05) is 32.7 Å². The quantitative estimate of drug-likeness (QED) is 0.704. The largest absolute Gasteiger partial charge is 0.339 e. The highest BCUT2D eigenvalue weighted by Crippen LogP contribution is 2.29. The van der Waals surface area contributed by atoms with Crippen LogP contribution in [0.25, 0.3) is 0 Å². The molecule has 0 N–H and O–H groups in total. The average Bonchev–Trinajstić information content (AvgIpc) is 3.24. The predicted molar refractivity (Wildman–Crippen MR) is 123 cm³/mol. The SMILES string of the molecule is CC(c1ccccc1)N1CC(C(=O)N2CCN(C(=O)CCc3ccccc3)CC2)CC1=O. The van der Waals surface area contributed by atoms with Gasteiger partial charge in [0.05, 0.1) is 12.0 Å². The fourth-order valence-corrected chi connectivity index (χ4v) is 4.67. The van der Waals surface area contributed by atoms with E-state index >= 15 is 0 Å². The zero-order chi connectivity index (χ0) is 22.5. The summed E-state index contributed by atoms with van der Waals surface area (Å²) >= 11 is 0. The molecular formula is C26H31N3O3. The van der Waals surface area contributed by atoms with Crippen LogP contribution in [0.3, 0.4) is 0 Å². The molecule has 0 spiro atoms. The van der Waals surface area contributed by atoms with Crippen molar-refractivity contribution >= 4 is 17.7 Å². The molecule has 2 fully saturated rings. The van der Waals surface area contributed by atoms with Gasteiger partial charge < -0.3 is 14.7 Å². The standard InChI is InChI=1S/C26H31N3O3/c1-20(22-10-6-3-7-11-22)29-19-23(18-25(29)31)26(32)28-16-14-27(15-17-28)24(30)13-12-21-8-4-2-5-9-21/h2-11,20,23H,12-19H2,1H3. The molecule has 0 saturated carbocycles. The molecule has 2 saturated heterocycles. The van der Waals surface area contributed by atoms with E-state index in [0.717, 1.165) is 17.5 Å². The molecule has 6 nitrogen and oxygen atoms in total. The van der Waals surface area contributed by atoms with Crippen molar-refractivity contribution in [3.05, 3.63) is 71.8 Å². The van der Waals surface area contributed by atoms with Crippen LogP contribution < -0.4 is 0 Å². The first kappa shape index (κ1) is 22.1. The molecule has 0 aliphatic carbocycles. The number of amides is 3. The van der Waals surface area contributed by atoms with E-state index in [1.165, 1.54) is 0 Å². The van der Waals surface area contributed by atoms with Gasteiger partial charge in [-0.05, 0) is 24.5 Å². The molecule has 3 amide bonds. The number of carbonyl (C=O) groups excluding carboxylic acids is 3. The fourth-order valence-electron chi connectivity index (χ4n) is 4.67. The molecular weight excluding hydrogens is 402 g/mol. The minimum absolute atomic E-state index is 0.0365. The van der Waals surface area contributed by atoms with Gasteiger partial charge in [-0.15, -0.1) is 0 Å². The summed E-state index contributed by atoms with van der Waals surface area (Å²) in [6.07, 6.45) is 1.49. The van der Waals surface area contributed by atoms with Crippen LogP contribution in [0.5, 0.6) is 0 Å². The number of piperazine rings is 1. The molecule has 6 heteroatoms. The van der Waals surface area contributed by atoms with Crippen LogP contribution in [-0.2, 0) is 20.8 Å². The molecule has 2 heterocycles. The minimum atomic E-state index is -0.297. The van der Waals surface area contributed by atoms with Gasteiger partial charge in [0.2, 0.25) is 17.7 Å². The van der Waals surface area contributed by atoms with Gasteiger partial charge in [0, 0.05) is 45.6 Å². The first-order chi connectivity index (χ1) is 15.5. The van der Waals surface area contributed by atoms with Crippen molar-refractivity contribution in [3.8, 4) is 0 Å². The Morgan fingerprint density at radius 2 is 1.50 bits per heavy atom. The highest BCUT2D eigenvalue weighted by atomic mass is 16.2. The monoisotopic (exact) mass is 433 g/mol. The third kappa shape index (κ3) is 5.01. The first-order valence-electron chi connectivity index (χ1n) is 11.5. The lowest BCUT2D eigenvalue weighted by Crippen LogP contribution is -2.52. The lowest BCUT2D eigenvalue weighted by Gasteiger charge is -2.36. The summed E-state index contributed by atoms with van der Waals surface area (Å²) in [7, 11) is 0. The van der Waals surface area contributed by atoms with Gasteiger partial charge in [-0.25, -0.2) is 0 Å². The maximum Gasteiger partial charge on any atom is 0.228 e. The van der Waals surface area contributed by atoms with Gasteiger partial charge in [-0.3, -0.25) is 14.4 Å². The molecule has 2 atom stereocenters. The lowest BCUT2D eigenvalue weighted by atomic mass is 10.1. The molecule has 2 aromatic rings. The molecule has 0 aromatic heterocycles. The van der Waals surface area contributed by atoms with Gasteiger partial charge in [0.1, 0.15) is 0 Å². The second kappa shape index (κ2) is 9.98. The maximum absolute atomic E-state index is 13.1. The molecule has 0 radical (unpaired) electrons. The van der Waals surface area contributed by atoms with Crippen LogP contribution >= 0.6 is 0 Å². The Kier molecular flexibility index (Phi) is 6.88. The number of aryl methyl sites for hydroxylation is 1. The Labute approximate surface area is 189 Å². The Bertz CT molecular complexity index is 939. The van der Waals surface area contributed by atoms with E-state index in [0.29, 0.717) is 39.1 Å². The van der Waals surface area contributed by atoms with Gasteiger partial charge in [0.25, 0.3) is 0 Å². The molecule has 0 bridgehead atoms. The van der Waals surface area contributed by atoms with Crippen LogP contribution in [0.4, 0.5) is 0 Å². The summed E-state index contributed by atoms with van der Waals surface area (Å²) < 4.78 is 0. The number of nitrogens with zero attached hydrogens (tertiary/aromatic N) is 3. The first-order valence-corrected chi connectivity index (χ1v) is 11.5. The van der Waals surface area contributed by atoms with Gasteiger partial charge in [-0.1, -0.05) is 60.7 Å². The number of carbonyl (C=O) groups is 3. The molecule has 4 rings (SSSR count). The summed E-state index contributed by atoms with van der Waals surface area (Å²) in [5.41, 5.74) is 2.24. The van der Waals surface area contributed by atoms with Crippen molar-refractivity contribution in [1.29, 1.82) is 0 Å². The zero-order valence-electron chi connectivity index (χ0n) is 18.7. The fraction of sp³-hybridized carbons (Fsp3) is 0.423. The molecule has 168 valence electrons. The summed E-state index contributed by atoms with van der Waals surface area (Å²) in [4.78, 5) is 43.8. The van der Waals surface area contributed by atoms with E-state index < -0.39 is 0 Å². The number of likely N-dealkylation sites (tertiary alicyclic amines) is 1. The van der Waals surface area contributed by atoms with Crippen LogP contribution in [-0.4, -0.2) is 65.1 Å². The highest BCUT2D eigenvalue weighted by Gasteiger charge is 2.39. The molecule has 2 unspecified atom stereocenters. The average molecular weight is 434 g/mol. The molecule has 32 heavy (non-hydrogen) atoms. The van der Waals surface area contributed by atoms with Gasteiger partial charge in [0.15, 0.2) is 0 Å². The summed E-state index contributed by atoms with van der Waals surface area (Å²) in [6.45, 7) is 4.67. The van der Waals surface area contributed by atoms with Gasteiger partial charge >= 0.3 is 0 Å². The van der Waals surface area contributed by atoms with E-state index in [4.69, 9.17) is 0 Å². The van der Waals surface area contributed by atoms with Crippen LogP contribution in [0.2, 0.25) is 0 Å². The predicted octanol–water partition coefficient (Wildman–Crippen LogP) is 2.90. The number of hydrogen-bond acceptors (Lipinski definition) is 3. The van der Waals surface area contributed by atoms with Crippen molar-refractivity contribution < 1.29 is 14.4 Å². The zero-order valence-corrected chi connectivity index (χ0v) is 18.7. The summed E-state index contributed by atoms with van der Waals surface area (Å²) in [5.74, 6) is -0.0826. The summed E-state index contributed by atoms with van der Waals surface area (Å²) in [6, 6.07) is 19.9. The van der Waals surface area contributed by atoms with Crippen LogP contribution in [0, 0.1) is 5.92 Å². The minimum Gasteiger partial charge on any atom is -0.339 e. The molecule has 2 aromatic carbocycles. The van der Waals surface area contributed by atoms with Crippen LogP contribution in [0.15, 0.2) is 60.7 Å². The number of hydrogen-bond donors (Lipinski definition) is 0. The third-order valence-electron chi connectivity index (χ3n) is 6.67. The van der Waals surface area contributed by atoms with E-state index in [-0.39, 0.29) is 36.1 Å². The Morgan fingerprint density at radius 3 is 2.16 bits per heavy atom. The van der Waals surface area contributed by atoms with Crippen LogP contribution in [0.1, 0.15) is 36.9 Å². The molecule has 2 aliphatic rings. The van der Waals surface area contributed by atoms with Gasteiger partial charge in [-0.2, -0.15) is 0 Å². The van der Waals surface area contributed by atoms with Crippen molar-refractivity contribution in [3.63, 3.8) is 0 Å². The van der Waals surface area contributed by atoms with E-state index in [1.54, 1.807) is 0 Å². The molecule has 2 aliphatic heterocycles. The number of benzene rings is 2.